The molecule has 5 nitrogen and oxygen atoms in total. The molecular formula is C9H7N5S. The number of nitrogens with two attached hydrogens (primary N) is 1. The van der Waals surface area contributed by atoms with Gasteiger partial charge in [0, 0.05) is 0 Å². The molecule has 0 amide bonds. The minimum Gasteiger partial charge on any atom is -0.382 e. The van der Waals surface area contributed by atoms with E-state index in [2.05, 4.69) is 19.9 Å². The summed E-state index contributed by atoms with van der Waals surface area (Å²) >= 11 is 1.58. The van der Waals surface area contributed by atoms with Crippen molar-refractivity contribution < 1.29 is 0 Å². The van der Waals surface area contributed by atoms with Crippen molar-refractivity contribution in [2.75, 3.05) is 5.73 Å². The van der Waals surface area contributed by atoms with E-state index in [0.29, 0.717) is 22.8 Å². The Morgan fingerprint density at radius 1 is 1.33 bits per heavy atom. The molecule has 0 aromatic carbocycles. The second-order valence-corrected chi connectivity index (χ2v) is 3.96. The van der Waals surface area contributed by atoms with E-state index < -0.39 is 0 Å². The number of aromatic amines is 1. The van der Waals surface area contributed by atoms with E-state index in [-0.39, 0.29) is 0 Å². The molecule has 3 aromatic rings. The van der Waals surface area contributed by atoms with Gasteiger partial charge in [-0.3, -0.25) is 0 Å². The first-order valence-corrected chi connectivity index (χ1v) is 5.23. The van der Waals surface area contributed by atoms with E-state index in [9.17, 15) is 0 Å². The number of thiophene rings is 1. The van der Waals surface area contributed by atoms with Crippen LogP contribution in [0.15, 0.2) is 23.8 Å². The Balaban J connectivity index is 2.29. The quantitative estimate of drug-likeness (QED) is 0.649. The number of imidazole rings is 1. The van der Waals surface area contributed by atoms with Crippen LogP contribution in [0, 0.1) is 0 Å². The lowest BCUT2D eigenvalue weighted by atomic mass is 10.4. The van der Waals surface area contributed by atoms with Crippen molar-refractivity contribution in [3.8, 4) is 10.7 Å². The SMILES string of the molecule is Nc1nc(-c2cccs2)nc2[nH]cnc12. The molecule has 0 saturated heterocycles. The van der Waals surface area contributed by atoms with E-state index >= 15 is 0 Å². The average molecular weight is 217 g/mol. The van der Waals surface area contributed by atoms with Gasteiger partial charge in [0.15, 0.2) is 17.3 Å². The van der Waals surface area contributed by atoms with E-state index in [1.165, 1.54) is 0 Å². The highest BCUT2D eigenvalue weighted by atomic mass is 32.1. The van der Waals surface area contributed by atoms with Gasteiger partial charge in [-0.05, 0) is 11.4 Å². The average Bonchev–Trinajstić information content (AvgIpc) is 2.88. The minimum absolute atomic E-state index is 0.407. The van der Waals surface area contributed by atoms with Gasteiger partial charge in [-0.1, -0.05) is 6.07 Å². The van der Waals surface area contributed by atoms with Gasteiger partial charge in [-0.2, -0.15) is 0 Å². The molecule has 0 atom stereocenters. The summed E-state index contributed by atoms with van der Waals surface area (Å²) in [6.45, 7) is 0. The molecule has 0 unspecified atom stereocenters. The van der Waals surface area contributed by atoms with Gasteiger partial charge in [0.05, 0.1) is 11.2 Å². The van der Waals surface area contributed by atoms with Crippen molar-refractivity contribution in [2.45, 2.75) is 0 Å². The number of nitrogens with zero attached hydrogens (tertiary/aromatic N) is 3. The van der Waals surface area contributed by atoms with Crippen LogP contribution in [0.4, 0.5) is 5.82 Å². The molecule has 0 aliphatic heterocycles. The summed E-state index contributed by atoms with van der Waals surface area (Å²) in [5.74, 6) is 1.05. The molecule has 15 heavy (non-hydrogen) atoms. The number of fused-ring (bicyclic) bond motifs is 1. The maximum absolute atomic E-state index is 5.78. The van der Waals surface area contributed by atoms with Gasteiger partial charge in [0.2, 0.25) is 0 Å². The summed E-state index contributed by atoms with van der Waals surface area (Å²) in [7, 11) is 0. The summed E-state index contributed by atoms with van der Waals surface area (Å²) < 4.78 is 0. The maximum atomic E-state index is 5.78. The summed E-state index contributed by atoms with van der Waals surface area (Å²) in [6.07, 6.45) is 1.56. The summed E-state index contributed by atoms with van der Waals surface area (Å²) in [5, 5.41) is 1.98. The third kappa shape index (κ3) is 1.26. The second-order valence-electron chi connectivity index (χ2n) is 3.01. The fraction of sp³-hybridized carbons (Fsp3) is 0. The molecule has 3 N–H and O–H groups in total. The highest BCUT2D eigenvalue weighted by Crippen LogP contribution is 2.24. The number of anilines is 1. The maximum Gasteiger partial charge on any atom is 0.173 e. The number of nitrogens with one attached hydrogen (secondary N) is 1. The monoisotopic (exact) mass is 217 g/mol. The zero-order valence-electron chi connectivity index (χ0n) is 7.64. The normalized spacial score (nSPS) is 10.9. The Kier molecular flexibility index (Phi) is 1.69. The van der Waals surface area contributed by atoms with Crippen LogP contribution in [0.3, 0.4) is 0 Å². The lowest BCUT2D eigenvalue weighted by Crippen LogP contribution is -1.96. The molecule has 0 aliphatic rings. The van der Waals surface area contributed by atoms with E-state index in [0.717, 1.165) is 4.88 Å². The Morgan fingerprint density at radius 3 is 3.07 bits per heavy atom. The van der Waals surface area contributed by atoms with Crippen molar-refractivity contribution in [2.24, 2.45) is 0 Å². The molecule has 0 fully saturated rings. The molecule has 0 radical (unpaired) electrons. The molecule has 0 aliphatic carbocycles. The lowest BCUT2D eigenvalue weighted by Gasteiger charge is -1.98. The predicted octanol–water partition coefficient (Wildman–Crippen LogP) is 1.66. The first-order valence-electron chi connectivity index (χ1n) is 4.35. The number of hydrogen-bond donors (Lipinski definition) is 2. The van der Waals surface area contributed by atoms with Crippen molar-refractivity contribution in [3.05, 3.63) is 23.8 Å². The van der Waals surface area contributed by atoms with Crippen molar-refractivity contribution in [1.29, 1.82) is 0 Å². The van der Waals surface area contributed by atoms with Crippen LogP contribution in [0.2, 0.25) is 0 Å². The molecular weight excluding hydrogens is 210 g/mol. The van der Waals surface area contributed by atoms with Gasteiger partial charge in [0.1, 0.15) is 5.52 Å². The Hall–Kier alpha value is -1.95. The highest BCUT2D eigenvalue weighted by molar-refractivity contribution is 7.13. The highest BCUT2D eigenvalue weighted by Gasteiger charge is 2.09. The molecule has 0 spiro atoms. The molecule has 0 saturated carbocycles. The molecule has 3 aromatic heterocycles. The van der Waals surface area contributed by atoms with Gasteiger partial charge in [0.25, 0.3) is 0 Å². The predicted molar refractivity (Wildman–Crippen MR) is 59.4 cm³/mol. The molecule has 3 heterocycles. The van der Waals surface area contributed by atoms with Gasteiger partial charge in [-0.25, -0.2) is 15.0 Å². The van der Waals surface area contributed by atoms with Crippen LogP contribution < -0.4 is 5.73 Å². The van der Waals surface area contributed by atoms with Crippen LogP contribution in [0.25, 0.3) is 21.9 Å². The fourth-order valence-electron chi connectivity index (χ4n) is 1.37. The van der Waals surface area contributed by atoms with Gasteiger partial charge >= 0.3 is 0 Å². The third-order valence-corrected chi connectivity index (χ3v) is 2.91. The molecule has 3 rings (SSSR count). The Bertz CT molecular complexity index is 598. The summed E-state index contributed by atoms with van der Waals surface area (Å²) in [6, 6.07) is 3.92. The zero-order chi connectivity index (χ0) is 10.3. The van der Waals surface area contributed by atoms with E-state index in [1.54, 1.807) is 17.7 Å². The molecule has 74 valence electrons. The topological polar surface area (TPSA) is 80.5 Å². The van der Waals surface area contributed by atoms with Gasteiger partial charge in [-0.15, -0.1) is 11.3 Å². The van der Waals surface area contributed by atoms with E-state index in [1.807, 2.05) is 17.5 Å². The smallest absolute Gasteiger partial charge is 0.173 e. The Labute approximate surface area is 89.0 Å². The number of H-pyrrole nitrogens is 1. The first kappa shape index (κ1) is 8.37. The van der Waals surface area contributed by atoms with Crippen LogP contribution >= 0.6 is 11.3 Å². The zero-order valence-corrected chi connectivity index (χ0v) is 8.45. The van der Waals surface area contributed by atoms with Crippen LogP contribution in [0.1, 0.15) is 0 Å². The van der Waals surface area contributed by atoms with Crippen molar-refractivity contribution >= 4 is 28.3 Å². The van der Waals surface area contributed by atoms with E-state index in [4.69, 9.17) is 5.73 Å². The number of hydrogen-bond acceptors (Lipinski definition) is 5. The number of nitrogen functional groups attached to an aromatic ring is 1. The fourth-order valence-corrected chi connectivity index (χ4v) is 2.03. The standard InChI is InChI=1S/C9H7N5S/c10-7-6-9(12-4-11-6)14-8(13-7)5-2-1-3-15-5/h1-4H,(H3,10,11,12,13,14). The number of aromatic nitrogens is 4. The van der Waals surface area contributed by atoms with Crippen LogP contribution in [-0.2, 0) is 0 Å². The summed E-state index contributed by atoms with van der Waals surface area (Å²) in [4.78, 5) is 16.5. The minimum atomic E-state index is 0.407. The lowest BCUT2D eigenvalue weighted by molar-refractivity contribution is 1.22. The largest absolute Gasteiger partial charge is 0.382 e. The Morgan fingerprint density at radius 2 is 2.27 bits per heavy atom. The van der Waals surface area contributed by atoms with Crippen LogP contribution in [0.5, 0.6) is 0 Å². The first-order chi connectivity index (χ1) is 7.34. The van der Waals surface area contributed by atoms with Crippen molar-refractivity contribution in [1.82, 2.24) is 19.9 Å². The summed E-state index contributed by atoms with van der Waals surface area (Å²) in [5.41, 5.74) is 7.07. The number of rotatable bonds is 1. The van der Waals surface area contributed by atoms with Crippen molar-refractivity contribution in [3.63, 3.8) is 0 Å². The molecule has 0 bridgehead atoms. The third-order valence-electron chi connectivity index (χ3n) is 2.05. The second kappa shape index (κ2) is 3.03. The molecule has 6 heteroatoms. The van der Waals surface area contributed by atoms with Crippen LogP contribution in [-0.4, -0.2) is 19.9 Å². The van der Waals surface area contributed by atoms with Gasteiger partial charge < -0.3 is 10.7 Å².